The molecule has 3 aliphatic rings. The number of rotatable bonds is 5. The van der Waals surface area contributed by atoms with Crippen molar-refractivity contribution in [3.05, 3.63) is 16.0 Å². The first-order valence-electron chi connectivity index (χ1n) is 10.3. The van der Waals surface area contributed by atoms with Gasteiger partial charge in [0, 0.05) is 10.8 Å². The first-order chi connectivity index (χ1) is 12.7. The van der Waals surface area contributed by atoms with Crippen molar-refractivity contribution in [1.82, 2.24) is 0 Å². The summed E-state index contributed by atoms with van der Waals surface area (Å²) in [5.41, 5.74) is 1.79. The number of hydrogen-bond acceptors (Lipinski definition) is 4. The Morgan fingerprint density at radius 3 is 2.73 bits per heavy atom. The second-order valence-corrected chi connectivity index (χ2v) is 9.28. The molecular weight excluding hydrogens is 346 g/mol. The second kappa shape index (κ2) is 7.71. The first kappa shape index (κ1) is 18.0. The van der Waals surface area contributed by atoms with Crippen LogP contribution in [0.25, 0.3) is 0 Å². The van der Waals surface area contributed by atoms with Gasteiger partial charge in [0.05, 0.1) is 12.2 Å². The predicted octanol–water partition coefficient (Wildman–Crippen LogP) is 4.96. The highest BCUT2D eigenvalue weighted by Gasteiger charge is 2.43. The lowest BCUT2D eigenvalue weighted by molar-refractivity contribution is -0.121. The van der Waals surface area contributed by atoms with Gasteiger partial charge in [0.15, 0.2) is 0 Å². The molecule has 0 aromatic carbocycles. The zero-order valence-electron chi connectivity index (χ0n) is 15.6. The monoisotopic (exact) mass is 375 g/mol. The molecule has 3 aliphatic carbocycles. The molecule has 4 rings (SSSR count). The summed E-state index contributed by atoms with van der Waals surface area (Å²) in [6.45, 7) is 2.43. The third-order valence-corrected chi connectivity index (χ3v) is 7.58. The third kappa shape index (κ3) is 3.42. The van der Waals surface area contributed by atoms with Crippen molar-refractivity contribution in [3.8, 4) is 0 Å². The van der Waals surface area contributed by atoms with Crippen LogP contribution in [-0.4, -0.2) is 18.5 Å². The van der Waals surface area contributed by atoms with E-state index in [4.69, 9.17) is 4.74 Å². The van der Waals surface area contributed by atoms with Gasteiger partial charge in [0.2, 0.25) is 5.91 Å². The molecule has 0 spiro atoms. The first-order valence-corrected chi connectivity index (χ1v) is 11.1. The summed E-state index contributed by atoms with van der Waals surface area (Å²) in [6, 6.07) is 0. The standard InChI is InChI=1S/C21H29NO3S/c1-2-10-25-21(24)18-15-6-4-3-5-7-17(15)26-20(18)22-19(23)16-12-13-8-9-14(16)11-13/h13-14,16H,2-12H2,1H3,(H,22,23)/t13-,14-,16+/m0/s1. The van der Waals surface area contributed by atoms with Gasteiger partial charge in [-0.3, -0.25) is 4.79 Å². The van der Waals surface area contributed by atoms with E-state index in [-0.39, 0.29) is 17.8 Å². The molecule has 5 heteroatoms. The van der Waals surface area contributed by atoms with E-state index in [1.807, 2.05) is 6.92 Å². The van der Waals surface area contributed by atoms with Gasteiger partial charge in [-0.1, -0.05) is 19.8 Å². The lowest BCUT2D eigenvalue weighted by Gasteiger charge is -2.20. The Kier molecular flexibility index (Phi) is 5.35. The molecule has 0 aliphatic heterocycles. The van der Waals surface area contributed by atoms with Crippen LogP contribution in [-0.2, 0) is 22.4 Å². The molecule has 1 heterocycles. The highest BCUT2D eigenvalue weighted by Crippen LogP contribution is 2.49. The summed E-state index contributed by atoms with van der Waals surface area (Å²) in [7, 11) is 0. The summed E-state index contributed by atoms with van der Waals surface area (Å²) >= 11 is 1.61. The van der Waals surface area contributed by atoms with Gasteiger partial charge >= 0.3 is 5.97 Å². The Balaban J connectivity index is 1.58. The molecular formula is C21H29NO3S. The SMILES string of the molecule is CCCOC(=O)c1c(NC(=O)[C@@H]2C[C@H]3CC[C@H]2C3)sc2c1CCCCC2. The van der Waals surface area contributed by atoms with Gasteiger partial charge in [-0.2, -0.15) is 0 Å². The van der Waals surface area contributed by atoms with Crippen LogP contribution in [0.3, 0.4) is 0 Å². The van der Waals surface area contributed by atoms with Crippen molar-refractivity contribution in [2.24, 2.45) is 17.8 Å². The fourth-order valence-corrected chi connectivity index (χ4v) is 6.36. The van der Waals surface area contributed by atoms with Crippen LogP contribution >= 0.6 is 11.3 Å². The van der Waals surface area contributed by atoms with Crippen molar-refractivity contribution in [3.63, 3.8) is 0 Å². The second-order valence-electron chi connectivity index (χ2n) is 8.18. The number of fused-ring (bicyclic) bond motifs is 3. The molecule has 142 valence electrons. The van der Waals surface area contributed by atoms with E-state index in [1.54, 1.807) is 11.3 Å². The number of carbonyl (C=O) groups excluding carboxylic acids is 2. The molecule has 4 nitrogen and oxygen atoms in total. The molecule has 3 atom stereocenters. The Hall–Kier alpha value is -1.36. The number of hydrogen-bond donors (Lipinski definition) is 1. The minimum Gasteiger partial charge on any atom is -0.462 e. The van der Waals surface area contributed by atoms with Crippen molar-refractivity contribution >= 4 is 28.2 Å². The molecule has 26 heavy (non-hydrogen) atoms. The number of carbonyl (C=O) groups is 2. The quantitative estimate of drug-likeness (QED) is 0.585. The van der Waals surface area contributed by atoms with Crippen LogP contribution in [0, 0.1) is 17.8 Å². The number of ether oxygens (including phenoxy) is 1. The maximum Gasteiger partial charge on any atom is 0.341 e. The maximum absolute atomic E-state index is 12.9. The summed E-state index contributed by atoms with van der Waals surface area (Å²) in [4.78, 5) is 26.9. The molecule has 1 N–H and O–H groups in total. The summed E-state index contributed by atoms with van der Waals surface area (Å²) in [5.74, 6) is 1.29. The van der Waals surface area contributed by atoms with Gasteiger partial charge in [-0.05, 0) is 68.8 Å². The number of nitrogens with one attached hydrogen (secondary N) is 1. The van der Waals surface area contributed by atoms with Gasteiger partial charge < -0.3 is 10.1 Å². The zero-order chi connectivity index (χ0) is 18.1. The molecule has 1 aromatic rings. The van der Waals surface area contributed by atoms with Crippen LogP contribution < -0.4 is 5.32 Å². The van der Waals surface area contributed by atoms with Gasteiger partial charge in [0.25, 0.3) is 0 Å². The number of esters is 1. The fourth-order valence-electron chi connectivity index (χ4n) is 5.08. The summed E-state index contributed by atoms with van der Waals surface area (Å²) < 4.78 is 5.46. The van der Waals surface area contributed by atoms with E-state index >= 15 is 0 Å². The third-order valence-electron chi connectivity index (χ3n) is 6.37. The highest BCUT2D eigenvalue weighted by molar-refractivity contribution is 7.17. The lowest BCUT2D eigenvalue weighted by Crippen LogP contribution is -2.27. The van der Waals surface area contributed by atoms with E-state index in [0.717, 1.165) is 55.0 Å². The molecule has 2 saturated carbocycles. The predicted molar refractivity (Wildman–Crippen MR) is 104 cm³/mol. The largest absolute Gasteiger partial charge is 0.462 e. The minimum atomic E-state index is -0.255. The molecule has 2 fully saturated rings. The maximum atomic E-state index is 12.9. The van der Waals surface area contributed by atoms with E-state index < -0.39 is 0 Å². The summed E-state index contributed by atoms with van der Waals surface area (Å²) in [6.07, 6.45) is 10.9. The van der Waals surface area contributed by atoms with Gasteiger partial charge in [-0.15, -0.1) is 11.3 Å². The Labute approximate surface area is 159 Å². The van der Waals surface area contributed by atoms with Crippen molar-refractivity contribution < 1.29 is 14.3 Å². The zero-order valence-corrected chi connectivity index (χ0v) is 16.5. The average Bonchev–Trinajstić information content (AvgIpc) is 3.30. The highest BCUT2D eigenvalue weighted by atomic mass is 32.1. The van der Waals surface area contributed by atoms with Crippen molar-refractivity contribution in [2.75, 3.05) is 11.9 Å². The normalized spacial score (nSPS) is 27.0. The van der Waals surface area contributed by atoms with Gasteiger partial charge in [0.1, 0.15) is 5.00 Å². The Morgan fingerprint density at radius 1 is 1.15 bits per heavy atom. The van der Waals surface area contributed by atoms with Crippen LogP contribution in [0.5, 0.6) is 0 Å². The Bertz CT molecular complexity index is 696. The topological polar surface area (TPSA) is 55.4 Å². The van der Waals surface area contributed by atoms with E-state index in [1.165, 1.54) is 30.6 Å². The molecule has 2 bridgehead atoms. The number of anilines is 1. The summed E-state index contributed by atoms with van der Waals surface area (Å²) in [5, 5.41) is 3.89. The van der Waals surface area contributed by atoms with Crippen molar-refractivity contribution in [2.45, 2.75) is 71.1 Å². The van der Waals surface area contributed by atoms with Crippen LogP contribution in [0.1, 0.15) is 79.1 Å². The average molecular weight is 376 g/mol. The molecule has 0 unspecified atom stereocenters. The molecule has 1 amide bonds. The van der Waals surface area contributed by atoms with E-state index in [2.05, 4.69) is 5.32 Å². The van der Waals surface area contributed by atoms with Crippen LogP contribution in [0.15, 0.2) is 0 Å². The fraction of sp³-hybridized carbons (Fsp3) is 0.714. The van der Waals surface area contributed by atoms with E-state index in [0.29, 0.717) is 18.1 Å². The lowest BCUT2D eigenvalue weighted by atomic mass is 9.88. The molecule has 0 saturated heterocycles. The number of thiophene rings is 1. The smallest absolute Gasteiger partial charge is 0.341 e. The minimum absolute atomic E-state index is 0.123. The molecule has 0 radical (unpaired) electrons. The number of aryl methyl sites for hydroxylation is 1. The number of amides is 1. The van der Waals surface area contributed by atoms with Crippen LogP contribution in [0.2, 0.25) is 0 Å². The van der Waals surface area contributed by atoms with Gasteiger partial charge in [-0.25, -0.2) is 4.79 Å². The van der Waals surface area contributed by atoms with E-state index in [9.17, 15) is 9.59 Å². The van der Waals surface area contributed by atoms with Crippen LogP contribution in [0.4, 0.5) is 5.00 Å². The van der Waals surface area contributed by atoms with Crippen molar-refractivity contribution in [1.29, 1.82) is 0 Å². The molecule has 1 aromatic heterocycles. The Morgan fingerprint density at radius 2 is 2.00 bits per heavy atom.